The first kappa shape index (κ1) is 14.5. The number of thiazole rings is 1. The van der Waals surface area contributed by atoms with Crippen LogP contribution < -0.4 is 10.2 Å². The lowest BCUT2D eigenvalue weighted by molar-refractivity contribution is 0.854. The molecular weight excluding hydrogens is 296 g/mol. The molecule has 0 aliphatic heterocycles. The van der Waals surface area contributed by atoms with E-state index in [-0.39, 0.29) is 4.87 Å². The van der Waals surface area contributed by atoms with E-state index in [0.29, 0.717) is 5.95 Å². The smallest absolute Gasteiger partial charge is 0.307 e. The first-order chi connectivity index (χ1) is 10.5. The Morgan fingerprint density at radius 3 is 2.50 bits per heavy atom. The highest BCUT2D eigenvalue weighted by Gasteiger charge is 2.12. The van der Waals surface area contributed by atoms with Crippen molar-refractivity contribution in [3.63, 3.8) is 0 Å². The van der Waals surface area contributed by atoms with Gasteiger partial charge in [0.1, 0.15) is 0 Å². The van der Waals surface area contributed by atoms with Gasteiger partial charge in [0.05, 0.1) is 10.6 Å². The van der Waals surface area contributed by atoms with E-state index in [1.165, 1.54) is 16.9 Å². The Morgan fingerprint density at radius 1 is 1.14 bits per heavy atom. The third-order valence-corrected chi connectivity index (χ3v) is 4.65. The van der Waals surface area contributed by atoms with Gasteiger partial charge in [0.25, 0.3) is 0 Å². The first-order valence-electron chi connectivity index (χ1n) is 6.88. The van der Waals surface area contributed by atoms with Crippen LogP contribution in [-0.2, 0) is 7.05 Å². The lowest BCUT2D eigenvalue weighted by atomic mass is 10.2. The predicted molar refractivity (Wildman–Crippen MR) is 89.8 cm³/mol. The molecule has 2 heterocycles. The van der Waals surface area contributed by atoms with E-state index >= 15 is 0 Å². The molecule has 5 nitrogen and oxygen atoms in total. The van der Waals surface area contributed by atoms with E-state index in [9.17, 15) is 4.79 Å². The van der Waals surface area contributed by atoms with Crippen LogP contribution in [0.1, 0.15) is 11.3 Å². The molecule has 6 heteroatoms. The fourth-order valence-corrected chi connectivity index (χ4v) is 3.02. The summed E-state index contributed by atoms with van der Waals surface area (Å²) in [4.78, 5) is 21.4. The van der Waals surface area contributed by atoms with Crippen molar-refractivity contribution in [1.82, 2.24) is 14.5 Å². The van der Waals surface area contributed by atoms with Crippen molar-refractivity contribution < 1.29 is 0 Å². The maximum atomic E-state index is 11.8. The van der Waals surface area contributed by atoms with Crippen LogP contribution in [0.15, 0.2) is 41.3 Å². The zero-order valence-electron chi connectivity index (χ0n) is 12.6. The van der Waals surface area contributed by atoms with E-state index in [4.69, 9.17) is 0 Å². The standard InChI is InChI=1S/C16H16N4OS/c1-10-4-6-12(7-5-10)18-15-17-9-8-13(19-15)14-11(2)20(3)16(21)22-14/h4-9H,1-3H3,(H,17,18,19). The van der Waals surface area contributed by atoms with E-state index < -0.39 is 0 Å². The summed E-state index contributed by atoms with van der Waals surface area (Å²) < 4.78 is 1.63. The number of rotatable bonds is 3. The number of anilines is 2. The maximum Gasteiger partial charge on any atom is 0.307 e. The Kier molecular flexibility index (Phi) is 3.77. The van der Waals surface area contributed by atoms with Gasteiger partial charge >= 0.3 is 4.87 Å². The number of aryl methyl sites for hydroxylation is 1. The Bertz CT molecular complexity index is 865. The van der Waals surface area contributed by atoms with E-state index in [1.54, 1.807) is 17.8 Å². The molecular formula is C16H16N4OS. The van der Waals surface area contributed by atoms with Gasteiger partial charge in [0.15, 0.2) is 0 Å². The molecule has 1 N–H and O–H groups in total. The molecule has 0 unspecified atom stereocenters. The van der Waals surface area contributed by atoms with Gasteiger partial charge in [-0.2, -0.15) is 0 Å². The fraction of sp³-hybridized carbons (Fsp3) is 0.188. The summed E-state index contributed by atoms with van der Waals surface area (Å²) in [6, 6.07) is 9.84. The Hall–Kier alpha value is -2.47. The normalized spacial score (nSPS) is 10.7. The van der Waals surface area contributed by atoms with E-state index in [1.807, 2.05) is 44.2 Å². The van der Waals surface area contributed by atoms with Gasteiger partial charge in [0, 0.05) is 24.6 Å². The van der Waals surface area contributed by atoms with Crippen LogP contribution in [0, 0.1) is 13.8 Å². The lowest BCUT2D eigenvalue weighted by Gasteiger charge is -2.06. The average molecular weight is 312 g/mol. The molecule has 0 amide bonds. The van der Waals surface area contributed by atoms with Gasteiger partial charge in [0.2, 0.25) is 5.95 Å². The predicted octanol–water partition coefficient (Wildman–Crippen LogP) is 3.26. The zero-order chi connectivity index (χ0) is 15.7. The van der Waals surface area contributed by atoms with Crippen molar-refractivity contribution in [2.75, 3.05) is 5.32 Å². The molecule has 2 aromatic heterocycles. The summed E-state index contributed by atoms with van der Waals surface area (Å²) >= 11 is 1.20. The molecule has 1 aromatic carbocycles. The van der Waals surface area contributed by atoms with Crippen molar-refractivity contribution in [2.45, 2.75) is 13.8 Å². The van der Waals surface area contributed by atoms with Crippen LogP contribution in [0.4, 0.5) is 11.6 Å². The van der Waals surface area contributed by atoms with Crippen LogP contribution in [-0.4, -0.2) is 14.5 Å². The second kappa shape index (κ2) is 5.73. The second-order valence-corrected chi connectivity index (χ2v) is 6.06. The minimum absolute atomic E-state index is 0.0131. The second-order valence-electron chi connectivity index (χ2n) is 5.10. The fourth-order valence-electron chi connectivity index (χ4n) is 2.07. The highest BCUT2D eigenvalue weighted by atomic mass is 32.1. The van der Waals surface area contributed by atoms with Crippen molar-refractivity contribution in [1.29, 1.82) is 0 Å². The molecule has 0 aliphatic carbocycles. The summed E-state index contributed by atoms with van der Waals surface area (Å²) in [6.07, 6.45) is 1.70. The number of hydrogen-bond donors (Lipinski definition) is 1. The summed E-state index contributed by atoms with van der Waals surface area (Å²) in [5, 5.41) is 3.18. The third kappa shape index (κ3) is 2.78. The van der Waals surface area contributed by atoms with Crippen molar-refractivity contribution in [3.8, 4) is 10.6 Å². The number of aromatic nitrogens is 3. The minimum atomic E-state index is 0.0131. The number of nitrogens with zero attached hydrogens (tertiary/aromatic N) is 3. The molecule has 3 aromatic rings. The molecule has 0 fully saturated rings. The molecule has 0 aliphatic rings. The highest BCUT2D eigenvalue weighted by molar-refractivity contribution is 7.13. The van der Waals surface area contributed by atoms with Crippen molar-refractivity contribution in [3.05, 3.63) is 57.5 Å². The number of hydrogen-bond acceptors (Lipinski definition) is 5. The van der Waals surface area contributed by atoms with Gasteiger partial charge in [-0.25, -0.2) is 9.97 Å². The van der Waals surface area contributed by atoms with Crippen LogP contribution in [0.2, 0.25) is 0 Å². The number of nitrogens with one attached hydrogen (secondary N) is 1. The molecule has 3 rings (SSSR count). The average Bonchev–Trinajstić information content (AvgIpc) is 2.78. The van der Waals surface area contributed by atoms with Crippen molar-refractivity contribution >= 4 is 23.0 Å². The Balaban J connectivity index is 1.94. The first-order valence-corrected chi connectivity index (χ1v) is 7.70. The monoisotopic (exact) mass is 312 g/mol. The molecule has 112 valence electrons. The van der Waals surface area contributed by atoms with Gasteiger partial charge in [-0.1, -0.05) is 29.0 Å². The summed E-state index contributed by atoms with van der Waals surface area (Å²) in [5.41, 5.74) is 3.80. The third-order valence-electron chi connectivity index (χ3n) is 3.49. The summed E-state index contributed by atoms with van der Waals surface area (Å²) in [7, 11) is 1.77. The minimum Gasteiger partial charge on any atom is -0.324 e. The Labute approximate surface area is 132 Å². The molecule has 0 spiro atoms. The van der Waals surface area contributed by atoms with Crippen LogP contribution in [0.25, 0.3) is 10.6 Å². The topological polar surface area (TPSA) is 59.8 Å². The van der Waals surface area contributed by atoms with E-state index in [0.717, 1.165) is 22.0 Å². The zero-order valence-corrected chi connectivity index (χ0v) is 13.4. The van der Waals surface area contributed by atoms with Gasteiger partial charge < -0.3 is 9.88 Å². The molecule has 0 radical (unpaired) electrons. The van der Waals surface area contributed by atoms with E-state index in [2.05, 4.69) is 15.3 Å². The molecule has 0 saturated carbocycles. The molecule has 0 atom stereocenters. The van der Waals surface area contributed by atoms with Crippen LogP contribution >= 0.6 is 11.3 Å². The van der Waals surface area contributed by atoms with Crippen LogP contribution in [0.5, 0.6) is 0 Å². The largest absolute Gasteiger partial charge is 0.324 e. The van der Waals surface area contributed by atoms with Gasteiger partial charge in [-0.05, 0) is 32.0 Å². The molecule has 0 saturated heterocycles. The highest BCUT2D eigenvalue weighted by Crippen LogP contribution is 2.25. The van der Waals surface area contributed by atoms with Gasteiger partial charge in [-0.15, -0.1) is 0 Å². The maximum absolute atomic E-state index is 11.8. The lowest BCUT2D eigenvalue weighted by Crippen LogP contribution is -2.08. The Morgan fingerprint density at radius 2 is 1.86 bits per heavy atom. The summed E-state index contributed by atoms with van der Waals surface area (Å²) in [6.45, 7) is 3.96. The number of benzene rings is 1. The quantitative estimate of drug-likeness (QED) is 0.806. The van der Waals surface area contributed by atoms with Gasteiger partial charge in [-0.3, -0.25) is 4.79 Å². The SMILES string of the molecule is Cc1ccc(Nc2nccc(-c3sc(=O)n(C)c3C)n2)cc1. The van der Waals surface area contributed by atoms with Crippen LogP contribution in [0.3, 0.4) is 0 Å². The molecule has 0 bridgehead atoms. The van der Waals surface area contributed by atoms with Crippen molar-refractivity contribution in [2.24, 2.45) is 7.05 Å². The summed E-state index contributed by atoms with van der Waals surface area (Å²) in [5.74, 6) is 0.518. The molecule has 22 heavy (non-hydrogen) atoms.